The summed E-state index contributed by atoms with van der Waals surface area (Å²) in [6, 6.07) is 7.26. The van der Waals surface area contributed by atoms with Gasteiger partial charge in [-0.3, -0.25) is 9.59 Å². The summed E-state index contributed by atoms with van der Waals surface area (Å²) < 4.78 is 31.6. The number of nitrogens with zero attached hydrogens (tertiary/aromatic N) is 2. The van der Waals surface area contributed by atoms with E-state index in [0.717, 1.165) is 10.7 Å². The maximum Gasteiger partial charge on any atom is 0.243 e. The first-order chi connectivity index (χ1) is 12.8. The highest BCUT2D eigenvalue weighted by molar-refractivity contribution is 7.89. The number of hydrogen-bond acceptors (Lipinski definition) is 6. The summed E-state index contributed by atoms with van der Waals surface area (Å²) in [4.78, 5) is 23.3. The third kappa shape index (κ3) is 5.90. The second kappa shape index (κ2) is 9.28. The molecule has 1 heterocycles. The number of nitrogens with one attached hydrogen (secondary N) is 2. The fourth-order valence-corrected chi connectivity index (χ4v) is 3.74. The Morgan fingerprint density at radius 1 is 1.15 bits per heavy atom. The van der Waals surface area contributed by atoms with Gasteiger partial charge in [-0.15, -0.1) is 0 Å². The quantitative estimate of drug-likeness (QED) is 0.671. The van der Waals surface area contributed by atoms with Gasteiger partial charge in [0.05, 0.1) is 11.4 Å². The van der Waals surface area contributed by atoms with Gasteiger partial charge >= 0.3 is 0 Å². The van der Waals surface area contributed by atoms with E-state index in [1.165, 1.54) is 43.5 Å². The maximum absolute atomic E-state index is 12.9. The van der Waals surface area contributed by atoms with Crippen LogP contribution in [0.15, 0.2) is 46.0 Å². The molecule has 0 aliphatic rings. The van der Waals surface area contributed by atoms with Gasteiger partial charge in [-0.05, 0) is 30.7 Å². The molecule has 2 aromatic rings. The van der Waals surface area contributed by atoms with Crippen molar-refractivity contribution in [1.82, 2.24) is 9.46 Å². The highest BCUT2D eigenvalue weighted by Crippen LogP contribution is 2.19. The Labute approximate surface area is 157 Å². The summed E-state index contributed by atoms with van der Waals surface area (Å²) >= 11 is 0. The molecule has 0 saturated heterocycles. The van der Waals surface area contributed by atoms with Crippen molar-refractivity contribution in [3.63, 3.8) is 0 Å². The van der Waals surface area contributed by atoms with Gasteiger partial charge in [0.1, 0.15) is 6.26 Å². The van der Waals surface area contributed by atoms with Gasteiger partial charge < -0.3 is 15.2 Å². The number of anilines is 2. The minimum atomic E-state index is -3.88. The lowest BCUT2D eigenvalue weighted by Gasteiger charge is -2.21. The van der Waals surface area contributed by atoms with Crippen molar-refractivity contribution in [3.8, 4) is 0 Å². The molecular weight excluding hydrogens is 372 g/mol. The molecule has 2 N–H and O–H groups in total. The lowest BCUT2D eigenvalue weighted by molar-refractivity contribution is -0.116. The van der Waals surface area contributed by atoms with Gasteiger partial charge in [-0.25, -0.2) is 8.42 Å². The third-order valence-electron chi connectivity index (χ3n) is 3.60. The predicted octanol–water partition coefficient (Wildman–Crippen LogP) is 2.06. The zero-order valence-electron chi connectivity index (χ0n) is 15.1. The fourth-order valence-electron chi connectivity index (χ4n) is 2.30. The van der Waals surface area contributed by atoms with Gasteiger partial charge in [-0.1, -0.05) is 18.5 Å². The molecule has 0 bridgehead atoms. The Kier molecular flexibility index (Phi) is 7.08. The van der Waals surface area contributed by atoms with Crippen LogP contribution >= 0.6 is 0 Å². The van der Waals surface area contributed by atoms with Crippen molar-refractivity contribution in [3.05, 3.63) is 36.6 Å². The highest BCUT2D eigenvalue weighted by Gasteiger charge is 2.26. The molecule has 0 radical (unpaired) electrons. The molecule has 0 aliphatic heterocycles. The number of amides is 2. The lowest BCUT2D eigenvalue weighted by Crippen LogP contribution is -2.38. The highest BCUT2D eigenvalue weighted by atomic mass is 32.2. The number of carbonyl (C=O) groups is 2. The van der Waals surface area contributed by atoms with Crippen LogP contribution in [0.5, 0.6) is 0 Å². The molecule has 27 heavy (non-hydrogen) atoms. The molecule has 0 aliphatic carbocycles. The normalized spacial score (nSPS) is 11.4. The molecule has 146 valence electrons. The van der Waals surface area contributed by atoms with E-state index in [4.69, 9.17) is 0 Å². The fraction of sp³-hybridized carbons (Fsp3) is 0.353. The molecule has 1 aromatic heterocycles. The van der Waals surface area contributed by atoms with Crippen molar-refractivity contribution in [2.24, 2.45) is 0 Å². The van der Waals surface area contributed by atoms with Crippen molar-refractivity contribution >= 4 is 33.3 Å². The van der Waals surface area contributed by atoms with E-state index in [-0.39, 0.29) is 29.7 Å². The van der Waals surface area contributed by atoms with E-state index in [0.29, 0.717) is 12.1 Å². The summed E-state index contributed by atoms with van der Waals surface area (Å²) in [5, 5.41) is 8.63. The van der Waals surface area contributed by atoms with Crippen LogP contribution in [-0.4, -0.2) is 42.8 Å². The van der Waals surface area contributed by atoms with Crippen LogP contribution in [0.4, 0.5) is 11.5 Å². The van der Waals surface area contributed by atoms with Crippen molar-refractivity contribution < 1.29 is 22.5 Å². The van der Waals surface area contributed by atoms with E-state index in [9.17, 15) is 18.0 Å². The van der Waals surface area contributed by atoms with Gasteiger partial charge in [0.25, 0.3) is 0 Å². The Morgan fingerprint density at radius 2 is 1.85 bits per heavy atom. The summed E-state index contributed by atoms with van der Waals surface area (Å²) in [6.45, 7) is 3.16. The number of unbranched alkanes of at least 4 members (excludes halogenated alkanes) is 1. The van der Waals surface area contributed by atoms with Crippen LogP contribution in [0.2, 0.25) is 0 Å². The second-order valence-corrected chi connectivity index (χ2v) is 7.77. The number of rotatable bonds is 9. The predicted molar refractivity (Wildman–Crippen MR) is 99.5 cm³/mol. The number of sulfonamides is 1. The summed E-state index contributed by atoms with van der Waals surface area (Å²) in [7, 11) is -3.88. The molecule has 0 fully saturated rings. The molecule has 9 nitrogen and oxygen atoms in total. The molecule has 10 heteroatoms. The molecule has 0 spiro atoms. The number of aromatic nitrogens is 1. The topological polar surface area (TPSA) is 122 Å². The maximum atomic E-state index is 12.9. The first-order valence-corrected chi connectivity index (χ1v) is 9.85. The summed E-state index contributed by atoms with van der Waals surface area (Å²) in [6.07, 6.45) is 2.69. The summed E-state index contributed by atoms with van der Waals surface area (Å²) in [5.41, 5.74) is 0.491. The minimum absolute atomic E-state index is 0.0435. The largest absolute Gasteiger partial charge is 0.363 e. The second-order valence-electron chi connectivity index (χ2n) is 5.83. The van der Waals surface area contributed by atoms with Crippen LogP contribution in [-0.2, 0) is 19.6 Å². The van der Waals surface area contributed by atoms with Crippen LogP contribution in [0, 0.1) is 0 Å². The molecule has 2 amide bonds. The van der Waals surface area contributed by atoms with E-state index < -0.39 is 15.9 Å². The third-order valence-corrected chi connectivity index (χ3v) is 5.46. The average Bonchev–Trinajstić information content (AvgIpc) is 3.11. The Hall–Kier alpha value is -2.72. The van der Waals surface area contributed by atoms with Crippen LogP contribution < -0.4 is 10.6 Å². The van der Waals surface area contributed by atoms with Crippen molar-refractivity contribution in [2.75, 3.05) is 23.7 Å². The first kappa shape index (κ1) is 20.6. The Balaban J connectivity index is 2.17. The van der Waals surface area contributed by atoms with Gasteiger partial charge in [0.15, 0.2) is 5.82 Å². The number of benzene rings is 1. The average molecular weight is 394 g/mol. The van der Waals surface area contributed by atoms with Gasteiger partial charge in [0, 0.05) is 25.2 Å². The number of hydrogen-bond donors (Lipinski definition) is 2. The van der Waals surface area contributed by atoms with Crippen molar-refractivity contribution in [1.29, 1.82) is 0 Å². The van der Waals surface area contributed by atoms with Gasteiger partial charge in [-0.2, -0.15) is 4.31 Å². The van der Waals surface area contributed by atoms with E-state index in [1.807, 2.05) is 6.92 Å². The lowest BCUT2D eigenvalue weighted by atomic mass is 10.3. The minimum Gasteiger partial charge on any atom is -0.363 e. The van der Waals surface area contributed by atoms with Crippen LogP contribution in [0.25, 0.3) is 0 Å². The smallest absolute Gasteiger partial charge is 0.243 e. The zero-order valence-corrected chi connectivity index (χ0v) is 16.0. The molecular formula is C17H22N4O5S. The summed E-state index contributed by atoms with van der Waals surface area (Å²) in [5.74, 6) is -0.550. The number of carbonyl (C=O) groups excluding carboxylic acids is 2. The molecule has 0 atom stereocenters. The molecule has 0 unspecified atom stereocenters. The van der Waals surface area contributed by atoms with Gasteiger partial charge in [0.2, 0.25) is 21.8 Å². The van der Waals surface area contributed by atoms with E-state index in [1.54, 1.807) is 0 Å². The molecule has 0 saturated carbocycles. The van der Waals surface area contributed by atoms with Crippen LogP contribution in [0.1, 0.15) is 26.7 Å². The standard InChI is InChI=1S/C17H22N4O5S/c1-3-4-10-21(12-17(23)19-16-9-11-26-20-16)27(24,25)15-7-5-14(6-8-15)18-13(2)22/h5-9,11H,3-4,10,12H2,1-2H3,(H,18,22)(H,19,20,23). The van der Waals surface area contributed by atoms with E-state index in [2.05, 4.69) is 20.3 Å². The Morgan fingerprint density at radius 3 is 2.41 bits per heavy atom. The first-order valence-electron chi connectivity index (χ1n) is 8.41. The van der Waals surface area contributed by atoms with Crippen LogP contribution in [0.3, 0.4) is 0 Å². The SMILES string of the molecule is CCCCN(CC(=O)Nc1ccon1)S(=O)(=O)c1ccc(NC(C)=O)cc1. The molecule has 2 rings (SSSR count). The monoisotopic (exact) mass is 394 g/mol. The van der Waals surface area contributed by atoms with Crippen molar-refractivity contribution in [2.45, 2.75) is 31.6 Å². The Bertz CT molecular complexity index is 863. The molecule has 1 aromatic carbocycles. The van der Waals surface area contributed by atoms with E-state index >= 15 is 0 Å². The zero-order chi connectivity index (χ0) is 19.9.